The summed E-state index contributed by atoms with van der Waals surface area (Å²) in [4.78, 5) is 6.44. The highest BCUT2D eigenvalue weighted by Crippen LogP contribution is 2.15. The van der Waals surface area contributed by atoms with Crippen LogP contribution in [0.3, 0.4) is 0 Å². The van der Waals surface area contributed by atoms with Crippen molar-refractivity contribution in [1.82, 2.24) is 4.98 Å². The Morgan fingerprint density at radius 2 is 1.88 bits per heavy atom. The van der Waals surface area contributed by atoms with Crippen LogP contribution in [0.15, 0.2) is 48.7 Å². The maximum absolute atomic E-state index is 5.86. The molecule has 17 heavy (non-hydrogen) atoms. The molecular weight excluding hydrogens is 232 g/mol. The normalized spacial score (nSPS) is 10.2. The molecule has 1 heterocycles. The molecule has 2 rings (SSSR count). The van der Waals surface area contributed by atoms with Crippen molar-refractivity contribution in [3.8, 4) is 0 Å². The third-order valence-corrected chi connectivity index (χ3v) is 2.78. The van der Waals surface area contributed by atoms with Gasteiger partial charge in [-0.05, 0) is 36.8 Å². The molecule has 0 fully saturated rings. The highest BCUT2D eigenvalue weighted by Gasteiger charge is 2.05. The Labute approximate surface area is 107 Å². The van der Waals surface area contributed by atoms with Gasteiger partial charge in [-0.25, -0.2) is 4.98 Å². The van der Waals surface area contributed by atoms with E-state index in [1.165, 1.54) is 5.56 Å². The van der Waals surface area contributed by atoms with E-state index < -0.39 is 0 Å². The van der Waals surface area contributed by atoms with Crippen molar-refractivity contribution in [1.29, 1.82) is 0 Å². The summed E-state index contributed by atoms with van der Waals surface area (Å²) in [6, 6.07) is 13.7. The van der Waals surface area contributed by atoms with Crippen molar-refractivity contribution in [2.24, 2.45) is 0 Å². The molecule has 1 aromatic heterocycles. The van der Waals surface area contributed by atoms with E-state index in [1.807, 2.05) is 42.5 Å². The van der Waals surface area contributed by atoms with Crippen LogP contribution in [0.2, 0.25) is 5.02 Å². The minimum atomic E-state index is 0.680. The lowest BCUT2D eigenvalue weighted by Gasteiger charge is -2.21. The van der Waals surface area contributed by atoms with E-state index in [0.717, 1.165) is 17.4 Å². The molecule has 0 bridgehead atoms. The van der Waals surface area contributed by atoms with Crippen LogP contribution in [0.4, 0.5) is 5.82 Å². The summed E-state index contributed by atoms with van der Waals surface area (Å²) < 4.78 is 0. The number of aromatic nitrogens is 1. The van der Waals surface area contributed by atoms with Crippen LogP contribution in [0.1, 0.15) is 5.56 Å². The van der Waals surface area contributed by atoms with E-state index in [0.29, 0.717) is 6.54 Å². The number of halogens is 1. The summed E-state index contributed by atoms with van der Waals surface area (Å²) >= 11 is 5.86. The van der Waals surface area contributed by atoms with Gasteiger partial charge in [0.25, 0.3) is 0 Å². The van der Waals surface area contributed by atoms with Gasteiger partial charge in [0.15, 0.2) is 0 Å². The standard InChI is InChI=1S/C14H14ClN2/c1-2-17(14-5-3-4-10-16-14)11-12-6-8-13(15)9-7-12/h3-10H,1-2,11H2. The van der Waals surface area contributed by atoms with Crippen LogP contribution in [0.5, 0.6) is 0 Å². The zero-order chi connectivity index (χ0) is 12.1. The van der Waals surface area contributed by atoms with Gasteiger partial charge in [0.1, 0.15) is 5.82 Å². The van der Waals surface area contributed by atoms with Crippen LogP contribution in [0, 0.1) is 6.92 Å². The summed E-state index contributed by atoms with van der Waals surface area (Å²) in [5.74, 6) is 0.942. The number of benzene rings is 1. The van der Waals surface area contributed by atoms with Gasteiger partial charge < -0.3 is 4.90 Å². The van der Waals surface area contributed by atoms with Crippen LogP contribution in [0.25, 0.3) is 0 Å². The molecular formula is C14H14ClN2. The van der Waals surface area contributed by atoms with Crippen molar-refractivity contribution in [2.75, 3.05) is 11.4 Å². The Kier molecular flexibility index (Phi) is 3.99. The van der Waals surface area contributed by atoms with Gasteiger partial charge in [0.2, 0.25) is 0 Å². The summed E-state index contributed by atoms with van der Waals surface area (Å²) in [5, 5.41) is 0.757. The number of anilines is 1. The molecule has 0 aliphatic rings. The van der Waals surface area contributed by atoms with Crippen molar-refractivity contribution >= 4 is 17.4 Å². The first-order valence-corrected chi connectivity index (χ1v) is 5.87. The summed E-state index contributed by atoms with van der Waals surface area (Å²) in [6.07, 6.45) is 1.79. The van der Waals surface area contributed by atoms with E-state index in [9.17, 15) is 0 Å². The molecule has 1 radical (unpaired) electrons. The van der Waals surface area contributed by atoms with Crippen LogP contribution >= 0.6 is 11.6 Å². The van der Waals surface area contributed by atoms with Crippen LogP contribution < -0.4 is 4.90 Å². The van der Waals surface area contributed by atoms with Gasteiger partial charge >= 0.3 is 0 Å². The third-order valence-electron chi connectivity index (χ3n) is 2.53. The lowest BCUT2D eigenvalue weighted by Crippen LogP contribution is -2.22. The SMILES string of the molecule is [CH2]CN(Cc1ccc(Cl)cc1)c1ccccn1. The summed E-state index contributed by atoms with van der Waals surface area (Å²) in [7, 11) is 0. The van der Waals surface area contributed by atoms with Crippen molar-refractivity contribution in [2.45, 2.75) is 6.54 Å². The highest BCUT2D eigenvalue weighted by molar-refractivity contribution is 6.30. The first-order chi connectivity index (χ1) is 8.29. The molecule has 0 saturated heterocycles. The van der Waals surface area contributed by atoms with Gasteiger partial charge in [-0.2, -0.15) is 0 Å². The Hall–Kier alpha value is -1.54. The number of pyridine rings is 1. The van der Waals surface area contributed by atoms with Crippen LogP contribution in [-0.2, 0) is 6.54 Å². The number of nitrogens with zero attached hydrogens (tertiary/aromatic N) is 2. The van der Waals surface area contributed by atoms with Gasteiger partial charge in [-0.15, -0.1) is 0 Å². The van der Waals surface area contributed by atoms with Crippen LogP contribution in [-0.4, -0.2) is 11.5 Å². The summed E-state index contributed by atoms with van der Waals surface area (Å²) in [5.41, 5.74) is 1.20. The maximum atomic E-state index is 5.86. The maximum Gasteiger partial charge on any atom is 0.128 e. The van der Waals surface area contributed by atoms with Gasteiger partial charge in [-0.1, -0.05) is 29.8 Å². The second-order valence-corrected chi connectivity index (χ2v) is 4.17. The minimum Gasteiger partial charge on any atom is -0.352 e. The van der Waals surface area contributed by atoms with E-state index in [2.05, 4.69) is 16.8 Å². The first-order valence-electron chi connectivity index (χ1n) is 5.49. The molecule has 0 spiro atoms. The fraction of sp³-hybridized carbons (Fsp3) is 0.143. The first kappa shape index (κ1) is 11.9. The smallest absolute Gasteiger partial charge is 0.128 e. The largest absolute Gasteiger partial charge is 0.352 e. The molecule has 2 aromatic rings. The topological polar surface area (TPSA) is 16.1 Å². The Balaban J connectivity index is 2.13. The van der Waals surface area contributed by atoms with E-state index >= 15 is 0 Å². The fourth-order valence-corrected chi connectivity index (χ4v) is 1.75. The molecule has 0 saturated carbocycles. The van der Waals surface area contributed by atoms with Gasteiger partial charge in [0.05, 0.1) is 0 Å². The molecule has 0 amide bonds. The zero-order valence-electron chi connectivity index (χ0n) is 9.51. The molecule has 0 aliphatic heterocycles. The third kappa shape index (κ3) is 3.21. The number of rotatable bonds is 4. The average Bonchev–Trinajstić information content (AvgIpc) is 2.39. The second kappa shape index (κ2) is 5.69. The number of hydrogen-bond acceptors (Lipinski definition) is 2. The Morgan fingerprint density at radius 1 is 1.12 bits per heavy atom. The average molecular weight is 246 g/mol. The molecule has 2 nitrogen and oxygen atoms in total. The Morgan fingerprint density at radius 3 is 2.47 bits per heavy atom. The van der Waals surface area contributed by atoms with Crippen molar-refractivity contribution in [3.63, 3.8) is 0 Å². The van der Waals surface area contributed by atoms with Gasteiger partial charge in [-0.3, -0.25) is 0 Å². The fourth-order valence-electron chi connectivity index (χ4n) is 1.63. The molecule has 0 N–H and O–H groups in total. The van der Waals surface area contributed by atoms with E-state index in [-0.39, 0.29) is 0 Å². The van der Waals surface area contributed by atoms with E-state index in [1.54, 1.807) is 6.20 Å². The van der Waals surface area contributed by atoms with Gasteiger partial charge in [0, 0.05) is 24.3 Å². The molecule has 0 aliphatic carbocycles. The van der Waals surface area contributed by atoms with Crippen molar-refractivity contribution < 1.29 is 0 Å². The van der Waals surface area contributed by atoms with E-state index in [4.69, 9.17) is 11.6 Å². The molecule has 0 unspecified atom stereocenters. The second-order valence-electron chi connectivity index (χ2n) is 3.74. The minimum absolute atomic E-state index is 0.680. The number of hydrogen-bond donors (Lipinski definition) is 0. The lowest BCUT2D eigenvalue weighted by molar-refractivity contribution is 0.845. The predicted molar refractivity (Wildman–Crippen MR) is 72.1 cm³/mol. The quantitative estimate of drug-likeness (QED) is 0.819. The summed E-state index contributed by atoms with van der Waals surface area (Å²) in [6.45, 7) is 5.41. The monoisotopic (exact) mass is 245 g/mol. The predicted octanol–water partition coefficient (Wildman–Crippen LogP) is 3.58. The molecule has 0 atom stereocenters. The Bertz CT molecular complexity index is 453. The zero-order valence-corrected chi connectivity index (χ0v) is 10.3. The lowest BCUT2D eigenvalue weighted by atomic mass is 10.2. The molecule has 87 valence electrons. The molecule has 1 aromatic carbocycles. The molecule has 3 heteroatoms. The highest BCUT2D eigenvalue weighted by atomic mass is 35.5. The van der Waals surface area contributed by atoms with Crippen molar-refractivity contribution in [3.05, 3.63) is 66.2 Å².